The predicted molar refractivity (Wildman–Crippen MR) is 117 cm³/mol. The molecule has 0 radical (unpaired) electrons. The average molecular weight is 425 g/mol. The fourth-order valence-electron chi connectivity index (χ4n) is 2.92. The van der Waals surface area contributed by atoms with Gasteiger partial charge in [-0.2, -0.15) is 4.98 Å². The molecule has 0 saturated heterocycles. The summed E-state index contributed by atoms with van der Waals surface area (Å²) in [6.07, 6.45) is 2.99. The van der Waals surface area contributed by atoms with Gasteiger partial charge in [-0.3, -0.25) is 0 Å². The molecule has 8 nitrogen and oxygen atoms in total. The Morgan fingerprint density at radius 2 is 1.87 bits per heavy atom. The van der Waals surface area contributed by atoms with Crippen LogP contribution in [0.3, 0.4) is 0 Å². The zero-order valence-corrected chi connectivity index (χ0v) is 18.7. The van der Waals surface area contributed by atoms with E-state index < -0.39 is 11.7 Å². The summed E-state index contributed by atoms with van der Waals surface area (Å²) in [5, 5.41) is 2.82. The number of benzene rings is 1. The summed E-state index contributed by atoms with van der Waals surface area (Å²) in [5.74, 6) is 1.87. The molecule has 3 aromatic rings. The van der Waals surface area contributed by atoms with Gasteiger partial charge in [0.1, 0.15) is 11.4 Å². The molecule has 3 rings (SSSR count). The van der Waals surface area contributed by atoms with Gasteiger partial charge in [-0.1, -0.05) is 12.1 Å². The first-order valence-electron chi connectivity index (χ1n) is 9.99. The van der Waals surface area contributed by atoms with Crippen LogP contribution in [0.4, 0.5) is 4.79 Å². The van der Waals surface area contributed by atoms with Crippen molar-refractivity contribution in [3.05, 3.63) is 60.0 Å². The number of nitrogens with one attached hydrogen (secondary N) is 1. The third kappa shape index (κ3) is 5.75. The summed E-state index contributed by atoms with van der Waals surface area (Å²) < 4.78 is 18.4. The topological polar surface area (TPSA) is 87.5 Å². The van der Waals surface area contributed by atoms with E-state index in [2.05, 4.69) is 15.3 Å². The van der Waals surface area contributed by atoms with Crippen LogP contribution in [0, 0.1) is 6.92 Å². The number of carbonyl (C=O) groups is 1. The lowest BCUT2D eigenvalue weighted by Crippen LogP contribution is -2.34. The van der Waals surface area contributed by atoms with E-state index in [9.17, 15) is 4.79 Å². The molecule has 0 spiro atoms. The maximum Gasteiger partial charge on any atom is 0.408 e. The molecule has 0 aliphatic rings. The molecule has 0 aliphatic carbocycles. The SMILES string of the molecule is COc1nc(Oc2ccc([C@@H](C)NC(=O)OC(C)(C)C)cc2)cnc1-n1cccc1C. The first kappa shape index (κ1) is 22.1. The van der Waals surface area contributed by atoms with Crippen molar-refractivity contribution in [3.63, 3.8) is 0 Å². The summed E-state index contributed by atoms with van der Waals surface area (Å²) in [5.41, 5.74) is 1.39. The van der Waals surface area contributed by atoms with E-state index >= 15 is 0 Å². The Kier molecular flexibility index (Phi) is 6.48. The van der Waals surface area contributed by atoms with Crippen LogP contribution in [-0.4, -0.2) is 33.3 Å². The molecular weight excluding hydrogens is 396 g/mol. The Balaban J connectivity index is 1.68. The number of hydrogen-bond donors (Lipinski definition) is 1. The van der Waals surface area contributed by atoms with Crippen LogP contribution in [0.15, 0.2) is 48.8 Å². The highest BCUT2D eigenvalue weighted by atomic mass is 16.6. The van der Waals surface area contributed by atoms with Gasteiger partial charge in [0.25, 0.3) is 5.88 Å². The van der Waals surface area contributed by atoms with Crippen molar-refractivity contribution in [2.24, 2.45) is 0 Å². The molecule has 0 aliphatic heterocycles. The highest BCUT2D eigenvalue weighted by molar-refractivity contribution is 5.68. The second kappa shape index (κ2) is 9.07. The summed E-state index contributed by atoms with van der Waals surface area (Å²) in [4.78, 5) is 20.8. The average Bonchev–Trinajstić information content (AvgIpc) is 3.12. The van der Waals surface area contributed by atoms with Crippen LogP contribution in [0.25, 0.3) is 5.82 Å². The van der Waals surface area contributed by atoms with Crippen molar-refractivity contribution in [2.45, 2.75) is 46.3 Å². The van der Waals surface area contributed by atoms with Crippen LogP contribution >= 0.6 is 0 Å². The standard InChI is InChI=1S/C23H28N4O4/c1-15-8-7-13-27(15)20-21(29-6)26-19(14-24-20)30-18-11-9-17(10-12-18)16(2)25-22(28)31-23(3,4)5/h7-14,16H,1-6H3,(H,25,28)/t16-/m1/s1. The number of ether oxygens (including phenoxy) is 3. The van der Waals surface area contributed by atoms with Crippen molar-refractivity contribution >= 4 is 6.09 Å². The van der Waals surface area contributed by atoms with E-state index in [1.165, 1.54) is 0 Å². The Bertz CT molecular complexity index is 1040. The van der Waals surface area contributed by atoms with Crippen molar-refractivity contribution in [1.82, 2.24) is 19.9 Å². The lowest BCUT2D eigenvalue weighted by Gasteiger charge is -2.22. The molecule has 0 fully saturated rings. The van der Waals surface area contributed by atoms with Crippen LogP contribution < -0.4 is 14.8 Å². The Morgan fingerprint density at radius 3 is 2.45 bits per heavy atom. The summed E-state index contributed by atoms with van der Waals surface area (Å²) >= 11 is 0. The summed E-state index contributed by atoms with van der Waals surface area (Å²) in [7, 11) is 1.55. The van der Waals surface area contributed by atoms with Crippen molar-refractivity contribution in [1.29, 1.82) is 0 Å². The van der Waals surface area contributed by atoms with Gasteiger partial charge in [0.05, 0.1) is 19.3 Å². The quantitative estimate of drug-likeness (QED) is 0.602. The van der Waals surface area contributed by atoms with Gasteiger partial charge in [0, 0.05) is 11.9 Å². The molecule has 1 amide bonds. The first-order valence-corrected chi connectivity index (χ1v) is 9.99. The molecule has 8 heteroatoms. The Hall–Kier alpha value is -3.55. The van der Waals surface area contributed by atoms with Gasteiger partial charge < -0.3 is 24.1 Å². The third-order valence-electron chi connectivity index (χ3n) is 4.41. The number of aromatic nitrogens is 3. The van der Waals surface area contributed by atoms with Gasteiger partial charge in [-0.15, -0.1) is 0 Å². The molecule has 1 N–H and O–H groups in total. The molecule has 164 valence electrons. The summed E-state index contributed by atoms with van der Waals surface area (Å²) in [6.45, 7) is 9.35. The largest absolute Gasteiger partial charge is 0.478 e. The van der Waals surface area contributed by atoms with Gasteiger partial charge in [0.15, 0.2) is 0 Å². The molecule has 31 heavy (non-hydrogen) atoms. The number of amides is 1. The number of alkyl carbamates (subject to hydrolysis) is 1. The van der Waals surface area contributed by atoms with E-state index in [4.69, 9.17) is 14.2 Å². The van der Waals surface area contributed by atoms with E-state index in [1.54, 1.807) is 25.4 Å². The molecule has 1 atom stereocenters. The lowest BCUT2D eigenvalue weighted by molar-refractivity contribution is 0.0508. The first-order chi connectivity index (χ1) is 14.7. The van der Waals surface area contributed by atoms with Crippen LogP contribution in [0.1, 0.15) is 45.0 Å². The van der Waals surface area contributed by atoms with Crippen molar-refractivity contribution in [3.8, 4) is 23.3 Å². The van der Waals surface area contributed by atoms with E-state index in [0.29, 0.717) is 23.3 Å². The maximum atomic E-state index is 12.0. The highest BCUT2D eigenvalue weighted by Gasteiger charge is 2.18. The Labute approximate surface area is 182 Å². The minimum Gasteiger partial charge on any atom is -0.478 e. The molecule has 0 saturated carbocycles. The molecule has 1 aromatic carbocycles. The van der Waals surface area contributed by atoms with Gasteiger partial charge in [0.2, 0.25) is 11.7 Å². The van der Waals surface area contributed by atoms with E-state index in [0.717, 1.165) is 11.3 Å². The van der Waals surface area contributed by atoms with Crippen molar-refractivity contribution < 1.29 is 19.0 Å². The lowest BCUT2D eigenvalue weighted by atomic mass is 10.1. The predicted octanol–water partition coefficient (Wildman–Crippen LogP) is 4.96. The Morgan fingerprint density at radius 1 is 1.16 bits per heavy atom. The third-order valence-corrected chi connectivity index (χ3v) is 4.41. The second-order valence-electron chi connectivity index (χ2n) is 8.10. The highest BCUT2D eigenvalue weighted by Crippen LogP contribution is 2.26. The number of methoxy groups -OCH3 is 1. The van der Waals surface area contributed by atoms with Crippen LogP contribution in [-0.2, 0) is 4.74 Å². The molecule has 0 bridgehead atoms. The minimum absolute atomic E-state index is 0.215. The van der Waals surface area contributed by atoms with Crippen molar-refractivity contribution in [2.75, 3.05) is 7.11 Å². The molecular formula is C23H28N4O4. The molecule has 0 unspecified atom stereocenters. The minimum atomic E-state index is -0.542. The van der Waals surface area contributed by atoms with Gasteiger partial charge in [-0.05, 0) is 64.4 Å². The molecule has 2 heterocycles. The van der Waals surface area contributed by atoms with Gasteiger partial charge in [-0.25, -0.2) is 9.78 Å². The number of rotatable bonds is 6. The monoisotopic (exact) mass is 424 g/mol. The summed E-state index contributed by atoms with van der Waals surface area (Å²) in [6, 6.07) is 11.1. The number of hydrogen-bond acceptors (Lipinski definition) is 6. The van der Waals surface area contributed by atoms with E-state index in [1.807, 2.05) is 69.6 Å². The second-order valence-corrected chi connectivity index (χ2v) is 8.10. The zero-order chi connectivity index (χ0) is 22.6. The van der Waals surface area contributed by atoms with E-state index in [-0.39, 0.29) is 6.04 Å². The fraction of sp³-hybridized carbons (Fsp3) is 0.348. The number of carbonyl (C=O) groups excluding carboxylic acids is 1. The maximum absolute atomic E-state index is 12.0. The van der Waals surface area contributed by atoms with Crippen LogP contribution in [0.2, 0.25) is 0 Å². The number of nitrogens with zero attached hydrogens (tertiary/aromatic N) is 3. The molecule has 2 aromatic heterocycles. The van der Waals surface area contributed by atoms with Crippen LogP contribution in [0.5, 0.6) is 17.5 Å². The normalized spacial score (nSPS) is 12.2. The number of aryl methyl sites for hydroxylation is 1. The fourth-order valence-corrected chi connectivity index (χ4v) is 2.92. The van der Waals surface area contributed by atoms with Gasteiger partial charge >= 0.3 is 6.09 Å². The smallest absolute Gasteiger partial charge is 0.408 e. The zero-order valence-electron chi connectivity index (χ0n) is 18.7.